The normalized spacial score (nSPS) is 11.8. The number of methoxy groups -OCH3 is 2. The summed E-state index contributed by atoms with van der Waals surface area (Å²) in [5.74, 6) is 2.21. The van der Waals surface area contributed by atoms with Crippen LogP contribution in [0.3, 0.4) is 0 Å². The van der Waals surface area contributed by atoms with E-state index in [1.54, 1.807) is 21.1 Å². The first-order valence-electron chi connectivity index (χ1n) is 10.3. The van der Waals surface area contributed by atoms with Crippen molar-refractivity contribution in [2.45, 2.75) is 19.4 Å². The topological polar surface area (TPSA) is 85.7 Å². The SMILES string of the molecule is COc1ccc(CCNC[C@H](O)COc2nc(C)nc(-c3ccccc3)c2Cl)cc1OC. The number of aliphatic hydroxyl groups excluding tert-OH is 1. The van der Waals surface area contributed by atoms with Crippen LogP contribution in [0.25, 0.3) is 11.3 Å². The van der Waals surface area contributed by atoms with Gasteiger partial charge < -0.3 is 24.6 Å². The van der Waals surface area contributed by atoms with E-state index < -0.39 is 6.10 Å². The molecular formula is C24H28ClN3O4. The van der Waals surface area contributed by atoms with E-state index in [1.165, 1.54) is 0 Å². The quantitative estimate of drug-likeness (QED) is 0.424. The molecule has 2 aromatic carbocycles. The van der Waals surface area contributed by atoms with Crippen molar-refractivity contribution in [2.75, 3.05) is 33.9 Å². The Bertz CT molecular complexity index is 1020. The lowest BCUT2D eigenvalue weighted by molar-refractivity contribution is 0.104. The van der Waals surface area contributed by atoms with Gasteiger partial charge in [0.2, 0.25) is 5.88 Å². The number of aryl methyl sites for hydroxylation is 1. The summed E-state index contributed by atoms with van der Waals surface area (Å²) in [5, 5.41) is 13.9. The minimum atomic E-state index is -0.716. The Morgan fingerprint density at radius 3 is 2.50 bits per heavy atom. The van der Waals surface area contributed by atoms with Crippen LogP contribution in [0.1, 0.15) is 11.4 Å². The molecule has 3 rings (SSSR count). The number of rotatable bonds is 11. The first-order chi connectivity index (χ1) is 15.5. The Hall–Kier alpha value is -2.87. The van der Waals surface area contributed by atoms with Gasteiger partial charge in [-0.25, -0.2) is 4.98 Å². The largest absolute Gasteiger partial charge is 0.493 e. The molecule has 0 unspecified atom stereocenters. The fourth-order valence-electron chi connectivity index (χ4n) is 3.19. The van der Waals surface area contributed by atoms with Crippen LogP contribution in [-0.2, 0) is 6.42 Å². The van der Waals surface area contributed by atoms with Crippen LogP contribution in [-0.4, -0.2) is 55.1 Å². The van der Waals surface area contributed by atoms with Gasteiger partial charge in [-0.3, -0.25) is 0 Å². The second-order valence-electron chi connectivity index (χ2n) is 7.21. The van der Waals surface area contributed by atoms with Gasteiger partial charge in [-0.05, 0) is 37.6 Å². The number of nitrogens with one attached hydrogen (secondary N) is 1. The fraction of sp³-hybridized carbons (Fsp3) is 0.333. The van der Waals surface area contributed by atoms with E-state index in [0.29, 0.717) is 41.1 Å². The molecule has 1 heterocycles. The van der Waals surface area contributed by atoms with Crippen molar-refractivity contribution in [3.8, 4) is 28.6 Å². The average molecular weight is 458 g/mol. The Morgan fingerprint density at radius 1 is 1.03 bits per heavy atom. The van der Waals surface area contributed by atoms with Gasteiger partial charge in [0, 0.05) is 12.1 Å². The molecular weight excluding hydrogens is 430 g/mol. The number of hydrogen-bond acceptors (Lipinski definition) is 7. The van der Waals surface area contributed by atoms with Crippen molar-refractivity contribution in [3.63, 3.8) is 0 Å². The lowest BCUT2D eigenvalue weighted by atomic mass is 10.1. The molecule has 0 aliphatic heterocycles. The molecule has 2 N–H and O–H groups in total. The highest BCUT2D eigenvalue weighted by Crippen LogP contribution is 2.32. The third-order valence-corrected chi connectivity index (χ3v) is 5.15. The number of halogens is 1. The Morgan fingerprint density at radius 2 is 1.78 bits per heavy atom. The molecule has 3 aromatic rings. The molecule has 0 spiro atoms. The molecule has 1 aromatic heterocycles. The van der Waals surface area contributed by atoms with E-state index in [2.05, 4.69) is 15.3 Å². The molecule has 0 amide bonds. The van der Waals surface area contributed by atoms with Crippen LogP contribution in [0.5, 0.6) is 17.4 Å². The zero-order valence-corrected chi connectivity index (χ0v) is 19.2. The van der Waals surface area contributed by atoms with Gasteiger partial charge >= 0.3 is 0 Å². The fourth-order valence-corrected chi connectivity index (χ4v) is 3.44. The van der Waals surface area contributed by atoms with E-state index in [1.807, 2.05) is 48.5 Å². The standard InChI is InChI=1S/C24H28ClN3O4/c1-16-27-23(18-7-5-4-6-8-18)22(25)24(28-16)32-15-19(29)14-26-12-11-17-9-10-20(30-2)21(13-17)31-3/h4-10,13,19,26,29H,11-12,14-15H2,1-3H3/t19-/m0/s1. The molecule has 0 saturated heterocycles. The zero-order chi connectivity index (χ0) is 22.9. The summed E-state index contributed by atoms with van der Waals surface area (Å²) in [6, 6.07) is 15.4. The highest BCUT2D eigenvalue weighted by molar-refractivity contribution is 6.34. The van der Waals surface area contributed by atoms with Crippen LogP contribution in [0, 0.1) is 6.92 Å². The minimum absolute atomic E-state index is 0.0633. The molecule has 0 fully saturated rings. The Kier molecular flexibility index (Phi) is 8.67. The summed E-state index contributed by atoms with van der Waals surface area (Å²) in [6.07, 6.45) is 0.0672. The van der Waals surface area contributed by atoms with Crippen molar-refractivity contribution in [3.05, 3.63) is 64.9 Å². The van der Waals surface area contributed by atoms with Crippen LogP contribution < -0.4 is 19.5 Å². The van der Waals surface area contributed by atoms with E-state index in [4.69, 9.17) is 25.8 Å². The van der Waals surface area contributed by atoms with Gasteiger partial charge in [0.15, 0.2) is 11.5 Å². The first-order valence-corrected chi connectivity index (χ1v) is 10.7. The smallest absolute Gasteiger partial charge is 0.236 e. The minimum Gasteiger partial charge on any atom is -0.493 e. The number of hydrogen-bond donors (Lipinski definition) is 2. The predicted octanol–water partition coefficient (Wildman–Crippen LogP) is 3.69. The van der Waals surface area contributed by atoms with Crippen LogP contribution in [0.4, 0.5) is 0 Å². The van der Waals surface area contributed by atoms with E-state index in [-0.39, 0.29) is 12.5 Å². The monoisotopic (exact) mass is 457 g/mol. The maximum Gasteiger partial charge on any atom is 0.236 e. The van der Waals surface area contributed by atoms with Gasteiger partial charge in [0.1, 0.15) is 23.6 Å². The number of benzene rings is 2. The molecule has 0 aliphatic rings. The summed E-state index contributed by atoms with van der Waals surface area (Å²) in [7, 11) is 3.23. The van der Waals surface area contributed by atoms with Crippen LogP contribution >= 0.6 is 11.6 Å². The molecule has 1 atom stereocenters. The Balaban J connectivity index is 1.49. The van der Waals surface area contributed by atoms with Crippen molar-refractivity contribution < 1.29 is 19.3 Å². The molecule has 0 radical (unpaired) electrons. The maximum atomic E-state index is 10.3. The van der Waals surface area contributed by atoms with Gasteiger partial charge in [0.25, 0.3) is 0 Å². The van der Waals surface area contributed by atoms with Gasteiger partial charge in [0.05, 0.1) is 19.9 Å². The third kappa shape index (κ3) is 6.32. The predicted molar refractivity (Wildman–Crippen MR) is 125 cm³/mol. The van der Waals surface area contributed by atoms with Gasteiger partial charge in [-0.15, -0.1) is 0 Å². The lowest BCUT2D eigenvalue weighted by Crippen LogP contribution is -2.32. The van der Waals surface area contributed by atoms with Crippen molar-refractivity contribution in [1.82, 2.24) is 15.3 Å². The molecule has 0 bridgehead atoms. The summed E-state index contributed by atoms with van der Waals surface area (Å²) >= 11 is 6.47. The number of aromatic nitrogens is 2. The van der Waals surface area contributed by atoms with E-state index >= 15 is 0 Å². The van der Waals surface area contributed by atoms with Crippen LogP contribution in [0.15, 0.2) is 48.5 Å². The molecule has 7 nitrogen and oxygen atoms in total. The Labute approximate surface area is 193 Å². The third-order valence-electron chi connectivity index (χ3n) is 4.81. The highest BCUT2D eigenvalue weighted by Gasteiger charge is 2.15. The van der Waals surface area contributed by atoms with Gasteiger partial charge in [-0.2, -0.15) is 4.98 Å². The summed E-state index contributed by atoms with van der Waals surface area (Å²) in [6.45, 7) is 2.91. The van der Waals surface area contributed by atoms with Crippen LogP contribution in [0.2, 0.25) is 5.02 Å². The second-order valence-corrected chi connectivity index (χ2v) is 7.59. The highest BCUT2D eigenvalue weighted by atomic mass is 35.5. The molecule has 0 saturated carbocycles. The second kappa shape index (κ2) is 11.7. The van der Waals surface area contributed by atoms with Crippen molar-refractivity contribution in [2.24, 2.45) is 0 Å². The average Bonchev–Trinajstić information content (AvgIpc) is 2.82. The maximum absolute atomic E-state index is 10.3. The van der Waals surface area contributed by atoms with E-state index in [9.17, 15) is 5.11 Å². The lowest BCUT2D eigenvalue weighted by Gasteiger charge is -2.15. The number of nitrogens with zero attached hydrogens (tertiary/aromatic N) is 2. The molecule has 0 aliphatic carbocycles. The van der Waals surface area contributed by atoms with Crippen molar-refractivity contribution in [1.29, 1.82) is 0 Å². The van der Waals surface area contributed by atoms with Crippen molar-refractivity contribution >= 4 is 11.6 Å². The van der Waals surface area contributed by atoms with Gasteiger partial charge in [-0.1, -0.05) is 48.0 Å². The molecule has 170 valence electrons. The zero-order valence-electron chi connectivity index (χ0n) is 18.5. The first kappa shape index (κ1) is 23.8. The summed E-state index contributed by atoms with van der Waals surface area (Å²) in [4.78, 5) is 8.71. The number of ether oxygens (including phenoxy) is 3. The summed E-state index contributed by atoms with van der Waals surface area (Å²) < 4.78 is 16.3. The van der Waals surface area contributed by atoms with E-state index in [0.717, 1.165) is 17.5 Å². The molecule has 8 heteroatoms. The number of aliphatic hydroxyl groups is 1. The summed E-state index contributed by atoms with van der Waals surface area (Å²) in [5.41, 5.74) is 2.60. The molecule has 32 heavy (non-hydrogen) atoms.